The Morgan fingerprint density at radius 1 is 1.70 bits per heavy atom. The van der Waals surface area contributed by atoms with Gasteiger partial charge < -0.3 is 5.73 Å². The minimum Gasteiger partial charge on any atom is -0.368 e. The number of nitrogens with two attached hydrogens (primary N) is 1. The first-order valence-corrected chi connectivity index (χ1v) is 2.86. The first-order chi connectivity index (χ1) is 4.74. The third-order valence-corrected chi connectivity index (χ3v) is 1.20. The molecule has 4 heteroatoms. The van der Waals surface area contributed by atoms with Gasteiger partial charge in [0.1, 0.15) is 5.15 Å². The van der Waals surface area contributed by atoms with Gasteiger partial charge in [-0.3, -0.25) is 0 Å². The molecule has 0 aliphatic rings. The second kappa shape index (κ2) is 2.54. The average molecular weight is 154 g/mol. The summed E-state index contributed by atoms with van der Waals surface area (Å²) >= 11 is 5.56. The predicted molar refractivity (Wildman–Crippen MR) is 39.4 cm³/mol. The summed E-state index contributed by atoms with van der Waals surface area (Å²) in [5, 5.41) is 0.218. The van der Waals surface area contributed by atoms with Crippen molar-refractivity contribution in [3.63, 3.8) is 0 Å². The van der Waals surface area contributed by atoms with Crippen molar-refractivity contribution in [2.75, 3.05) is 5.73 Å². The fraction of sp³-hybridized carbons (Fsp3) is 0. The van der Waals surface area contributed by atoms with Gasteiger partial charge in [0.2, 0.25) is 5.95 Å². The quantitative estimate of drug-likeness (QED) is 0.441. The lowest BCUT2D eigenvalue weighted by atomic mass is 10.4. The zero-order valence-corrected chi connectivity index (χ0v) is 5.76. The highest BCUT2D eigenvalue weighted by molar-refractivity contribution is 6.30. The van der Waals surface area contributed by atoms with Crippen LogP contribution in [-0.2, 0) is 0 Å². The highest BCUT2D eigenvalue weighted by Crippen LogP contribution is 2.10. The fourth-order valence-electron chi connectivity index (χ4n) is 0.470. The molecule has 50 valence electrons. The molecule has 3 nitrogen and oxygen atoms in total. The molecular weight excluding hydrogens is 150 g/mol. The van der Waals surface area contributed by atoms with E-state index in [1.54, 1.807) is 0 Å². The molecule has 1 aromatic heterocycles. The summed E-state index contributed by atoms with van der Waals surface area (Å²) in [7, 11) is 0. The lowest BCUT2D eigenvalue weighted by molar-refractivity contribution is 1.17. The maximum absolute atomic E-state index is 5.56. The van der Waals surface area contributed by atoms with Crippen LogP contribution < -0.4 is 5.73 Å². The van der Waals surface area contributed by atoms with Crippen molar-refractivity contribution >= 4 is 17.5 Å². The summed E-state index contributed by atoms with van der Waals surface area (Å²) in [4.78, 5) is 7.28. The molecule has 0 saturated carbocycles. The molecule has 1 heterocycles. The average Bonchev–Trinajstić information content (AvgIpc) is 1.88. The maximum Gasteiger partial charge on any atom is 0.221 e. The summed E-state index contributed by atoms with van der Waals surface area (Å²) in [6, 6.07) is 0. The van der Waals surface area contributed by atoms with Crippen molar-refractivity contribution in [2.24, 2.45) is 0 Å². The number of hydrogen-bond acceptors (Lipinski definition) is 3. The Hall–Kier alpha value is -1.27. The van der Waals surface area contributed by atoms with E-state index in [9.17, 15) is 0 Å². The van der Waals surface area contributed by atoms with Gasteiger partial charge in [-0.15, -0.1) is 6.42 Å². The summed E-state index contributed by atoms with van der Waals surface area (Å²) in [6.07, 6.45) is 6.45. The van der Waals surface area contributed by atoms with Crippen molar-refractivity contribution in [3.8, 4) is 12.3 Å². The summed E-state index contributed by atoms with van der Waals surface area (Å²) in [5.41, 5.74) is 5.66. The van der Waals surface area contributed by atoms with Gasteiger partial charge in [-0.05, 0) is 0 Å². The van der Waals surface area contributed by atoms with Crippen LogP contribution >= 0.6 is 11.6 Å². The number of rotatable bonds is 0. The maximum atomic E-state index is 5.56. The number of terminal acetylenes is 1. The smallest absolute Gasteiger partial charge is 0.221 e. The SMILES string of the molecule is C#Cc1cnc(N)nc1Cl. The van der Waals surface area contributed by atoms with Crippen LogP contribution in [-0.4, -0.2) is 9.97 Å². The molecule has 0 atom stereocenters. The first-order valence-electron chi connectivity index (χ1n) is 2.48. The molecule has 0 radical (unpaired) electrons. The summed E-state index contributed by atoms with van der Waals surface area (Å²) < 4.78 is 0. The van der Waals surface area contributed by atoms with Crippen molar-refractivity contribution in [3.05, 3.63) is 16.9 Å². The van der Waals surface area contributed by atoms with E-state index in [-0.39, 0.29) is 11.1 Å². The molecule has 0 spiro atoms. The van der Waals surface area contributed by atoms with Crippen LogP contribution in [0.15, 0.2) is 6.20 Å². The van der Waals surface area contributed by atoms with Crippen LogP contribution in [0.1, 0.15) is 5.56 Å². The van der Waals surface area contributed by atoms with Gasteiger partial charge in [-0.1, -0.05) is 17.5 Å². The van der Waals surface area contributed by atoms with Crippen molar-refractivity contribution < 1.29 is 0 Å². The Kier molecular flexibility index (Phi) is 1.74. The topological polar surface area (TPSA) is 51.8 Å². The zero-order valence-electron chi connectivity index (χ0n) is 5.00. The number of nitrogens with zero attached hydrogens (tertiary/aromatic N) is 2. The van der Waals surface area contributed by atoms with Crippen LogP contribution in [0.3, 0.4) is 0 Å². The van der Waals surface area contributed by atoms with Crippen LogP contribution in [0.2, 0.25) is 5.15 Å². The van der Waals surface area contributed by atoms with Gasteiger partial charge in [-0.25, -0.2) is 4.98 Å². The summed E-state index contributed by atoms with van der Waals surface area (Å²) in [5.74, 6) is 2.44. The standard InChI is InChI=1S/C6H4ClN3/c1-2-4-3-9-6(8)10-5(4)7/h1,3H,(H2,8,9,10). The molecule has 10 heavy (non-hydrogen) atoms. The lowest BCUT2D eigenvalue weighted by Gasteiger charge is -1.93. The van der Waals surface area contributed by atoms with E-state index in [0.717, 1.165) is 0 Å². The van der Waals surface area contributed by atoms with E-state index in [1.165, 1.54) is 6.20 Å². The highest BCUT2D eigenvalue weighted by atomic mass is 35.5. The monoisotopic (exact) mass is 153 g/mol. The highest BCUT2D eigenvalue weighted by Gasteiger charge is 1.97. The van der Waals surface area contributed by atoms with Gasteiger partial charge in [-0.2, -0.15) is 4.98 Å². The normalized spacial score (nSPS) is 8.80. The lowest BCUT2D eigenvalue weighted by Crippen LogP contribution is -1.95. The Balaban J connectivity index is 3.23. The van der Waals surface area contributed by atoms with Crippen LogP contribution in [0.4, 0.5) is 5.95 Å². The molecule has 0 aliphatic heterocycles. The first kappa shape index (κ1) is 6.84. The Morgan fingerprint density at radius 2 is 2.40 bits per heavy atom. The van der Waals surface area contributed by atoms with E-state index >= 15 is 0 Å². The number of aromatic nitrogens is 2. The van der Waals surface area contributed by atoms with Gasteiger partial charge in [0.15, 0.2) is 0 Å². The fourth-order valence-corrected chi connectivity index (χ4v) is 0.660. The van der Waals surface area contributed by atoms with E-state index in [2.05, 4.69) is 15.9 Å². The number of nitrogen functional groups attached to an aromatic ring is 1. The van der Waals surface area contributed by atoms with Gasteiger partial charge in [0, 0.05) is 6.20 Å². The Labute approximate surface area is 63.2 Å². The number of anilines is 1. The van der Waals surface area contributed by atoms with Gasteiger partial charge in [0.05, 0.1) is 5.56 Å². The Bertz CT molecular complexity index is 290. The largest absolute Gasteiger partial charge is 0.368 e. The summed E-state index contributed by atoms with van der Waals surface area (Å²) in [6.45, 7) is 0. The van der Waals surface area contributed by atoms with E-state index in [1.807, 2.05) is 0 Å². The van der Waals surface area contributed by atoms with Crippen LogP contribution in [0, 0.1) is 12.3 Å². The van der Waals surface area contributed by atoms with Crippen molar-refractivity contribution in [2.45, 2.75) is 0 Å². The molecule has 0 amide bonds. The molecular formula is C6H4ClN3. The molecule has 0 bridgehead atoms. The number of halogens is 1. The zero-order chi connectivity index (χ0) is 7.56. The number of hydrogen-bond donors (Lipinski definition) is 1. The van der Waals surface area contributed by atoms with Crippen LogP contribution in [0.25, 0.3) is 0 Å². The molecule has 0 aromatic carbocycles. The third kappa shape index (κ3) is 1.17. The second-order valence-corrected chi connectivity index (χ2v) is 1.94. The Morgan fingerprint density at radius 3 is 2.90 bits per heavy atom. The van der Waals surface area contributed by atoms with E-state index in [0.29, 0.717) is 5.56 Å². The minimum atomic E-state index is 0.129. The van der Waals surface area contributed by atoms with Crippen molar-refractivity contribution in [1.29, 1.82) is 0 Å². The molecule has 0 aliphatic carbocycles. The van der Waals surface area contributed by atoms with E-state index in [4.69, 9.17) is 23.8 Å². The molecule has 0 saturated heterocycles. The van der Waals surface area contributed by atoms with Gasteiger partial charge in [0.25, 0.3) is 0 Å². The predicted octanol–water partition coefficient (Wildman–Crippen LogP) is 0.694. The molecule has 1 rings (SSSR count). The molecule has 0 fully saturated rings. The molecule has 2 N–H and O–H groups in total. The van der Waals surface area contributed by atoms with E-state index < -0.39 is 0 Å². The van der Waals surface area contributed by atoms with Crippen molar-refractivity contribution in [1.82, 2.24) is 9.97 Å². The van der Waals surface area contributed by atoms with Crippen LogP contribution in [0.5, 0.6) is 0 Å². The third-order valence-electron chi connectivity index (χ3n) is 0.916. The van der Waals surface area contributed by atoms with Gasteiger partial charge >= 0.3 is 0 Å². The molecule has 0 unspecified atom stereocenters. The second-order valence-electron chi connectivity index (χ2n) is 1.58. The minimum absolute atomic E-state index is 0.129. The molecule has 1 aromatic rings.